The Morgan fingerprint density at radius 3 is 1.70 bits per heavy atom. The molecule has 0 radical (unpaired) electrons. The second kappa shape index (κ2) is 6.85. The van der Waals surface area contributed by atoms with Crippen molar-refractivity contribution >= 4 is 0 Å². The fraction of sp³-hybridized carbons (Fsp3) is 0.714. The van der Waals surface area contributed by atoms with Crippen molar-refractivity contribution in [1.82, 2.24) is 20.6 Å². The van der Waals surface area contributed by atoms with Crippen LogP contribution >= 0.6 is 0 Å². The lowest BCUT2D eigenvalue weighted by molar-refractivity contribution is 0.144. The fourth-order valence-electron chi connectivity index (χ4n) is 2.62. The maximum atomic E-state index is 5.90. The van der Waals surface area contributed by atoms with Gasteiger partial charge in [-0.15, -0.1) is 0 Å². The third kappa shape index (κ3) is 3.80. The van der Waals surface area contributed by atoms with E-state index in [9.17, 15) is 0 Å². The van der Waals surface area contributed by atoms with Crippen molar-refractivity contribution in [2.75, 3.05) is 26.2 Å². The van der Waals surface area contributed by atoms with Crippen LogP contribution < -0.4 is 20.1 Å². The first kappa shape index (κ1) is 13.6. The van der Waals surface area contributed by atoms with E-state index < -0.39 is 0 Å². The van der Waals surface area contributed by atoms with Gasteiger partial charge in [0.15, 0.2) is 0 Å². The van der Waals surface area contributed by atoms with Gasteiger partial charge in [-0.2, -0.15) is 0 Å². The highest BCUT2D eigenvalue weighted by atomic mass is 16.5. The average molecular weight is 278 g/mol. The van der Waals surface area contributed by atoms with Crippen molar-refractivity contribution in [3.05, 3.63) is 12.4 Å². The third-order valence-corrected chi connectivity index (χ3v) is 3.76. The van der Waals surface area contributed by atoms with Crippen LogP contribution in [0.5, 0.6) is 11.8 Å². The number of hydrogen-bond donors (Lipinski definition) is 2. The Bertz CT molecular complexity index is 382. The molecule has 3 heterocycles. The van der Waals surface area contributed by atoms with Gasteiger partial charge in [-0.25, -0.2) is 9.97 Å². The Morgan fingerprint density at radius 1 is 0.800 bits per heavy atom. The molecule has 110 valence electrons. The molecule has 2 aliphatic heterocycles. The van der Waals surface area contributed by atoms with Crippen LogP contribution in [0.3, 0.4) is 0 Å². The zero-order valence-electron chi connectivity index (χ0n) is 11.7. The van der Waals surface area contributed by atoms with Gasteiger partial charge < -0.3 is 20.1 Å². The van der Waals surface area contributed by atoms with E-state index in [0.29, 0.717) is 11.8 Å². The molecular weight excluding hydrogens is 256 g/mol. The lowest BCUT2D eigenvalue weighted by Crippen LogP contribution is -2.34. The minimum Gasteiger partial charge on any atom is -0.474 e. The number of hydrogen-bond acceptors (Lipinski definition) is 6. The molecule has 0 spiro atoms. The van der Waals surface area contributed by atoms with E-state index in [1.807, 2.05) is 6.07 Å². The molecule has 2 aliphatic rings. The van der Waals surface area contributed by atoms with Gasteiger partial charge in [-0.1, -0.05) is 0 Å². The Kier molecular flexibility index (Phi) is 4.65. The van der Waals surface area contributed by atoms with Crippen molar-refractivity contribution in [2.45, 2.75) is 37.9 Å². The SMILES string of the molecule is c1nc(OC2CCNCC2)cc(OC2CCNCC2)n1. The Labute approximate surface area is 119 Å². The smallest absolute Gasteiger partial charge is 0.220 e. The van der Waals surface area contributed by atoms with Crippen molar-refractivity contribution in [3.63, 3.8) is 0 Å². The number of aromatic nitrogens is 2. The van der Waals surface area contributed by atoms with Crippen LogP contribution in [0.1, 0.15) is 25.7 Å². The van der Waals surface area contributed by atoms with Gasteiger partial charge in [0.25, 0.3) is 0 Å². The first-order chi connectivity index (χ1) is 9.90. The first-order valence-corrected chi connectivity index (χ1v) is 7.47. The molecule has 0 bridgehead atoms. The maximum absolute atomic E-state index is 5.90. The maximum Gasteiger partial charge on any atom is 0.220 e. The molecule has 2 N–H and O–H groups in total. The summed E-state index contributed by atoms with van der Waals surface area (Å²) in [5.74, 6) is 1.24. The lowest BCUT2D eigenvalue weighted by Gasteiger charge is -2.24. The van der Waals surface area contributed by atoms with Gasteiger partial charge in [0.05, 0.1) is 6.07 Å². The molecule has 2 fully saturated rings. The Balaban J connectivity index is 1.57. The van der Waals surface area contributed by atoms with E-state index in [1.165, 1.54) is 6.33 Å². The Morgan fingerprint density at radius 2 is 1.25 bits per heavy atom. The average Bonchev–Trinajstić information content (AvgIpc) is 2.50. The van der Waals surface area contributed by atoms with E-state index in [0.717, 1.165) is 51.9 Å². The summed E-state index contributed by atoms with van der Waals surface area (Å²) in [7, 11) is 0. The highest BCUT2D eigenvalue weighted by molar-refractivity contribution is 5.19. The largest absolute Gasteiger partial charge is 0.474 e. The van der Waals surface area contributed by atoms with Crippen LogP contribution in [-0.4, -0.2) is 48.4 Å². The van der Waals surface area contributed by atoms with Crippen molar-refractivity contribution in [3.8, 4) is 11.8 Å². The van der Waals surface area contributed by atoms with Crippen LogP contribution in [0, 0.1) is 0 Å². The van der Waals surface area contributed by atoms with Crippen LogP contribution in [0.4, 0.5) is 0 Å². The molecular formula is C14H22N4O2. The summed E-state index contributed by atoms with van der Waals surface area (Å²) in [6, 6.07) is 1.81. The highest BCUT2D eigenvalue weighted by Crippen LogP contribution is 2.20. The molecule has 0 atom stereocenters. The molecule has 2 saturated heterocycles. The minimum absolute atomic E-state index is 0.248. The quantitative estimate of drug-likeness (QED) is 0.846. The van der Waals surface area contributed by atoms with Crippen LogP contribution in [-0.2, 0) is 0 Å². The molecule has 0 aromatic carbocycles. The predicted molar refractivity (Wildman–Crippen MR) is 75.1 cm³/mol. The van der Waals surface area contributed by atoms with Gasteiger partial charge in [0.2, 0.25) is 11.8 Å². The number of rotatable bonds is 4. The molecule has 0 saturated carbocycles. The first-order valence-electron chi connectivity index (χ1n) is 7.47. The number of nitrogens with zero attached hydrogens (tertiary/aromatic N) is 2. The number of ether oxygens (including phenoxy) is 2. The van der Waals surface area contributed by atoms with E-state index in [-0.39, 0.29) is 12.2 Å². The summed E-state index contributed by atoms with van der Waals surface area (Å²) in [5.41, 5.74) is 0. The second-order valence-corrected chi connectivity index (χ2v) is 5.33. The van der Waals surface area contributed by atoms with Crippen LogP contribution in [0.25, 0.3) is 0 Å². The van der Waals surface area contributed by atoms with Crippen molar-refractivity contribution in [2.24, 2.45) is 0 Å². The topological polar surface area (TPSA) is 68.3 Å². The molecule has 3 rings (SSSR count). The summed E-state index contributed by atoms with van der Waals surface area (Å²) in [4.78, 5) is 8.36. The number of piperidine rings is 2. The van der Waals surface area contributed by atoms with E-state index in [1.54, 1.807) is 0 Å². The van der Waals surface area contributed by atoms with E-state index in [4.69, 9.17) is 9.47 Å². The van der Waals surface area contributed by atoms with Gasteiger partial charge in [0.1, 0.15) is 18.5 Å². The lowest BCUT2D eigenvalue weighted by atomic mass is 10.1. The van der Waals surface area contributed by atoms with Gasteiger partial charge in [0, 0.05) is 0 Å². The summed E-state index contributed by atoms with van der Waals surface area (Å²) >= 11 is 0. The standard InChI is InChI=1S/C14H22N4O2/c1-5-15-6-2-11(1)19-13-9-14(18-10-17-13)20-12-3-7-16-8-4-12/h9-12,15-16H,1-8H2. The zero-order chi connectivity index (χ0) is 13.6. The molecule has 0 aliphatic carbocycles. The van der Waals surface area contributed by atoms with Gasteiger partial charge in [-0.05, 0) is 51.9 Å². The third-order valence-electron chi connectivity index (χ3n) is 3.76. The minimum atomic E-state index is 0.248. The fourth-order valence-corrected chi connectivity index (χ4v) is 2.62. The molecule has 6 heteroatoms. The zero-order valence-corrected chi connectivity index (χ0v) is 11.7. The van der Waals surface area contributed by atoms with Crippen LogP contribution in [0.15, 0.2) is 12.4 Å². The van der Waals surface area contributed by atoms with E-state index in [2.05, 4.69) is 20.6 Å². The molecule has 20 heavy (non-hydrogen) atoms. The normalized spacial score (nSPS) is 21.6. The van der Waals surface area contributed by atoms with Crippen molar-refractivity contribution in [1.29, 1.82) is 0 Å². The summed E-state index contributed by atoms with van der Waals surface area (Å²) in [5, 5.41) is 6.65. The monoisotopic (exact) mass is 278 g/mol. The molecule has 6 nitrogen and oxygen atoms in total. The second-order valence-electron chi connectivity index (χ2n) is 5.33. The number of nitrogens with one attached hydrogen (secondary N) is 2. The molecule has 1 aromatic rings. The molecule has 1 aromatic heterocycles. The van der Waals surface area contributed by atoms with Crippen LogP contribution in [0.2, 0.25) is 0 Å². The van der Waals surface area contributed by atoms with Gasteiger partial charge >= 0.3 is 0 Å². The highest BCUT2D eigenvalue weighted by Gasteiger charge is 2.17. The van der Waals surface area contributed by atoms with Crippen molar-refractivity contribution < 1.29 is 9.47 Å². The summed E-state index contributed by atoms with van der Waals surface area (Å²) in [6.45, 7) is 4.03. The Hall–Kier alpha value is -1.40. The van der Waals surface area contributed by atoms with Gasteiger partial charge in [-0.3, -0.25) is 0 Å². The summed E-state index contributed by atoms with van der Waals surface area (Å²) in [6.07, 6.45) is 6.11. The van der Waals surface area contributed by atoms with E-state index >= 15 is 0 Å². The summed E-state index contributed by atoms with van der Waals surface area (Å²) < 4.78 is 11.8. The molecule has 0 unspecified atom stereocenters. The molecule has 0 amide bonds. The predicted octanol–water partition coefficient (Wildman–Crippen LogP) is 0.738.